The zero-order valence-corrected chi connectivity index (χ0v) is 23.1. The van der Waals surface area contributed by atoms with Crippen LogP contribution in [0.5, 0.6) is 11.5 Å². The number of carbonyl (C=O) groups excluding carboxylic acids is 2. The number of aliphatic hydroxyl groups is 3. The first-order chi connectivity index (χ1) is 19.9. The molecule has 0 bridgehead atoms. The molecule has 1 saturated carbocycles. The van der Waals surface area contributed by atoms with Crippen molar-refractivity contribution in [2.24, 2.45) is 5.92 Å². The van der Waals surface area contributed by atoms with Crippen LogP contribution >= 0.6 is 0 Å². The smallest absolute Gasteiger partial charge is 0.247 e. The minimum Gasteiger partial charge on any atom is -0.493 e. The highest BCUT2D eigenvalue weighted by Crippen LogP contribution is 2.51. The molecule has 1 aliphatic heterocycles. The lowest BCUT2D eigenvalue weighted by molar-refractivity contribution is -0.139. The number of hydrogen-bond acceptors (Lipinski definition) is 7. The van der Waals surface area contributed by atoms with E-state index in [1.807, 2.05) is 0 Å². The highest BCUT2D eigenvalue weighted by atomic mass is 19.1. The molecule has 1 heterocycles. The molecule has 2 aliphatic carbocycles. The molecule has 0 radical (unpaired) electrons. The number of benzene rings is 2. The maximum Gasteiger partial charge on any atom is 0.247 e. The summed E-state index contributed by atoms with van der Waals surface area (Å²) < 4.78 is 26.6. The molecule has 9 nitrogen and oxygen atoms in total. The summed E-state index contributed by atoms with van der Waals surface area (Å²) in [6.07, 6.45) is 3.60. The van der Waals surface area contributed by atoms with Gasteiger partial charge in [0.25, 0.3) is 0 Å². The molecular formula is C31H37FN2O7. The number of ether oxygens (including phenoxy) is 2. The number of fused-ring (bicyclic) bond motifs is 3. The van der Waals surface area contributed by atoms with E-state index in [9.17, 15) is 29.3 Å². The van der Waals surface area contributed by atoms with E-state index >= 15 is 0 Å². The molecule has 41 heavy (non-hydrogen) atoms. The van der Waals surface area contributed by atoms with Crippen LogP contribution in [0.4, 0.5) is 4.39 Å². The van der Waals surface area contributed by atoms with Gasteiger partial charge in [-0.1, -0.05) is 31.0 Å². The van der Waals surface area contributed by atoms with E-state index in [0.29, 0.717) is 28.2 Å². The fourth-order valence-electron chi connectivity index (χ4n) is 6.37. The first-order valence-electron chi connectivity index (χ1n) is 14.2. The van der Waals surface area contributed by atoms with Gasteiger partial charge in [0, 0.05) is 36.2 Å². The molecule has 2 amide bonds. The second kappa shape index (κ2) is 12.6. The number of rotatable bonds is 10. The van der Waals surface area contributed by atoms with Gasteiger partial charge in [0.15, 0.2) is 11.5 Å². The van der Waals surface area contributed by atoms with Crippen molar-refractivity contribution in [3.63, 3.8) is 0 Å². The van der Waals surface area contributed by atoms with Gasteiger partial charge in [-0.25, -0.2) is 4.39 Å². The average molecular weight is 569 g/mol. The van der Waals surface area contributed by atoms with Crippen molar-refractivity contribution in [1.29, 1.82) is 0 Å². The van der Waals surface area contributed by atoms with Crippen molar-refractivity contribution in [1.82, 2.24) is 10.2 Å². The zero-order chi connectivity index (χ0) is 29.1. The van der Waals surface area contributed by atoms with E-state index in [2.05, 4.69) is 5.32 Å². The molecule has 0 unspecified atom stereocenters. The van der Waals surface area contributed by atoms with Crippen LogP contribution in [-0.4, -0.2) is 70.5 Å². The maximum atomic E-state index is 14.8. The van der Waals surface area contributed by atoms with Gasteiger partial charge in [0.2, 0.25) is 11.8 Å². The molecule has 1 fully saturated rings. The molecule has 5 rings (SSSR count). The number of nitrogens with zero attached hydrogens (tertiary/aromatic N) is 1. The molecule has 0 aromatic heterocycles. The van der Waals surface area contributed by atoms with Gasteiger partial charge >= 0.3 is 0 Å². The Hall–Kier alpha value is -3.47. The molecule has 2 aromatic carbocycles. The number of halogens is 1. The highest BCUT2D eigenvalue weighted by Gasteiger charge is 2.51. The van der Waals surface area contributed by atoms with Crippen molar-refractivity contribution in [3.05, 3.63) is 70.6 Å². The molecule has 2 aromatic rings. The maximum absolute atomic E-state index is 14.8. The summed E-state index contributed by atoms with van der Waals surface area (Å²) in [4.78, 5) is 28.8. The van der Waals surface area contributed by atoms with E-state index in [1.54, 1.807) is 36.4 Å². The quantitative estimate of drug-likeness (QED) is 0.347. The monoisotopic (exact) mass is 568 g/mol. The van der Waals surface area contributed by atoms with Crippen LogP contribution in [0.3, 0.4) is 0 Å². The Morgan fingerprint density at radius 2 is 1.93 bits per heavy atom. The molecule has 0 saturated heterocycles. The molecule has 220 valence electrons. The van der Waals surface area contributed by atoms with E-state index in [0.717, 1.165) is 25.7 Å². The first kappa shape index (κ1) is 29.0. The molecule has 4 N–H and O–H groups in total. The third kappa shape index (κ3) is 5.82. The van der Waals surface area contributed by atoms with Crippen molar-refractivity contribution in [2.45, 2.75) is 69.4 Å². The van der Waals surface area contributed by atoms with Crippen LogP contribution in [-0.2, 0) is 22.7 Å². The van der Waals surface area contributed by atoms with Crippen molar-refractivity contribution < 1.29 is 38.8 Å². The predicted octanol–water partition coefficient (Wildman–Crippen LogP) is 2.56. The van der Waals surface area contributed by atoms with Gasteiger partial charge in [0.1, 0.15) is 18.0 Å². The Bertz CT molecular complexity index is 1310. The normalized spacial score (nSPS) is 23.3. The topological polar surface area (TPSA) is 129 Å². The Balaban J connectivity index is 1.58. The summed E-state index contributed by atoms with van der Waals surface area (Å²) in [6, 6.07) is 8.55. The summed E-state index contributed by atoms with van der Waals surface area (Å²) in [6.45, 7) is -0.625. The number of nitrogens with one attached hydrogen (secondary N) is 1. The van der Waals surface area contributed by atoms with E-state index in [1.165, 1.54) is 18.1 Å². The van der Waals surface area contributed by atoms with Crippen molar-refractivity contribution in [2.75, 3.05) is 20.3 Å². The van der Waals surface area contributed by atoms with Crippen LogP contribution in [0.25, 0.3) is 0 Å². The highest BCUT2D eigenvalue weighted by molar-refractivity contribution is 5.96. The lowest BCUT2D eigenvalue weighted by Gasteiger charge is -2.41. The minimum absolute atomic E-state index is 0.00798. The van der Waals surface area contributed by atoms with Crippen LogP contribution in [0, 0.1) is 11.7 Å². The summed E-state index contributed by atoms with van der Waals surface area (Å²) in [5.74, 6) is -1.00. The predicted molar refractivity (Wildman–Crippen MR) is 148 cm³/mol. The van der Waals surface area contributed by atoms with Crippen LogP contribution in [0.1, 0.15) is 54.7 Å². The molecule has 4 atom stereocenters. The molecular weight excluding hydrogens is 531 g/mol. The van der Waals surface area contributed by atoms with Gasteiger partial charge < -0.3 is 35.0 Å². The minimum atomic E-state index is -1.26. The van der Waals surface area contributed by atoms with Gasteiger partial charge in [-0.3, -0.25) is 9.59 Å². The Labute approximate surface area is 238 Å². The summed E-state index contributed by atoms with van der Waals surface area (Å²) in [5.41, 5.74) is 1.66. The standard InChI is InChI=1S/C31H37FN2O7/c1-40-25-13-19(17-36)12-21-27-22(31(39)33-10-11-35)15-24(28(38)30(27)41-29(21)25)34(16-20-8-4-5-9-23(20)32)26(37)14-18-6-2-3-7-18/h4-5,8-9,12-13,15,18,24,27-28,30,35-36,38H,2-3,6-7,10-11,14,16-17H2,1H3,(H,33,39)/t24-,27+,28+,30+/m1/s1. The number of hydrogen-bond donors (Lipinski definition) is 4. The third-order valence-corrected chi connectivity index (χ3v) is 8.41. The number of aliphatic hydroxyl groups excluding tert-OH is 3. The lowest BCUT2D eigenvalue weighted by Crippen LogP contribution is -2.55. The summed E-state index contributed by atoms with van der Waals surface area (Å²) in [7, 11) is 1.46. The zero-order valence-electron chi connectivity index (χ0n) is 23.1. The SMILES string of the molecule is COc1cc(CO)cc2c1O[C@@H]1[C@@H](O)[C@H](N(Cc3ccccc3F)C(=O)CC3CCCC3)C=C(C(=O)NCCO)[C@H]21. The summed E-state index contributed by atoms with van der Waals surface area (Å²) >= 11 is 0. The lowest BCUT2D eigenvalue weighted by atomic mass is 9.77. The van der Waals surface area contributed by atoms with Gasteiger partial charge in [-0.15, -0.1) is 0 Å². The molecule has 0 spiro atoms. The molecule has 3 aliphatic rings. The fourth-order valence-corrected chi connectivity index (χ4v) is 6.37. The third-order valence-electron chi connectivity index (χ3n) is 8.41. The number of methoxy groups -OCH3 is 1. The Kier molecular flexibility index (Phi) is 8.91. The Morgan fingerprint density at radius 3 is 2.61 bits per heavy atom. The van der Waals surface area contributed by atoms with E-state index in [4.69, 9.17) is 9.47 Å². The van der Waals surface area contributed by atoms with Crippen molar-refractivity contribution in [3.8, 4) is 11.5 Å². The number of amides is 2. The van der Waals surface area contributed by atoms with Crippen molar-refractivity contribution >= 4 is 11.8 Å². The second-order valence-electron chi connectivity index (χ2n) is 11.0. The van der Waals surface area contributed by atoms with Gasteiger partial charge in [-0.05, 0) is 48.6 Å². The van der Waals surface area contributed by atoms with Gasteiger partial charge in [-0.2, -0.15) is 0 Å². The van der Waals surface area contributed by atoms with Crippen LogP contribution in [0.15, 0.2) is 48.0 Å². The Morgan fingerprint density at radius 1 is 1.17 bits per heavy atom. The largest absolute Gasteiger partial charge is 0.493 e. The van der Waals surface area contributed by atoms with E-state index in [-0.39, 0.29) is 50.1 Å². The van der Waals surface area contributed by atoms with Gasteiger partial charge in [0.05, 0.1) is 32.3 Å². The van der Waals surface area contributed by atoms with Crippen LogP contribution in [0.2, 0.25) is 0 Å². The average Bonchev–Trinajstić information content (AvgIpc) is 3.63. The fraction of sp³-hybridized carbons (Fsp3) is 0.484. The first-order valence-corrected chi connectivity index (χ1v) is 14.2. The van der Waals surface area contributed by atoms with Crippen LogP contribution < -0.4 is 14.8 Å². The van der Waals surface area contributed by atoms with E-state index < -0.39 is 35.9 Å². The second-order valence-corrected chi connectivity index (χ2v) is 11.0. The molecule has 10 heteroatoms. The number of carbonyl (C=O) groups is 2. The summed E-state index contributed by atoms with van der Waals surface area (Å²) in [5, 5.41) is 33.7.